The molecule has 0 aliphatic rings. The predicted molar refractivity (Wildman–Crippen MR) is 439 cm³/mol. The zero-order valence-electron chi connectivity index (χ0n) is 71.7. The van der Waals surface area contributed by atoms with Gasteiger partial charge in [-0.15, -0.1) is 0 Å². The molecule has 0 aliphatic carbocycles. The quantitative estimate of drug-likeness (QED) is 0.0221. The summed E-state index contributed by atoms with van der Waals surface area (Å²) in [5.41, 5.74) is 15.2. The molecule has 2 aromatic rings. The summed E-state index contributed by atoms with van der Waals surface area (Å²) in [6.45, 7) is 51.9. The molecular formula is C86H198N11+11. The average Bonchev–Trinajstić information content (AvgIpc) is 1.41. The molecule has 0 atom stereocenters. The van der Waals surface area contributed by atoms with Gasteiger partial charge in [-0.2, -0.15) is 0 Å². The number of hydrogen-bond acceptors (Lipinski definition) is 0. The molecular weight excluding hydrogens is 1190 g/mol. The van der Waals surface area contributed by atoms with E-state index in [1.807, 2.05) is 0 Å². The standard InChI is InChI=1S/C13H28.C10H16N2.C10H24N2.C9H13N.C9H21N.C8H21N3.C8H19N.C7H17N.C7H16.C5H12/c1-4-7-10-13(11-8-5-2)12-9-6-3;1-4-8-5-9(11-2)7-10(6-8)12-3;1-3-4-9-12-10-7-5-6-8-11-2;1-3-8-4-6-9(10-2)7-5-8;1-4-6-9(7-5-2)8-10-3;1-3-4-8(5-9,6-10)7-11-2;1-3-5-7-9-8-6-4-2;1-3-5-6-7-8-4-2;1-3-5-7-6-4-2;1-3-5-4-2/h13H,4-12H2,1-3H3;5-7,11-12H,4H2,1-3H3;11-12H,3-10H2,1-2H3;4-7,10H,3H2,1-2H3;9-10H,4-8H2,1-3H3;11H,3-7,9-10H2,1-2H3;9H,3-8H2,1-2H3;8H,3-7H2,1-2H3;3-7H2,1-2H3;3-5H2,1-2H3/p+11. The van der Waals surface area contributed by atoms with E-state index in [0.717, 1.165) is 37.8 Å². The van der Waals surface area contributed by atoms with Crippen LogP contribution in [0.3, 0.4) is 0 Å². The number of rotatable bonds is 52. The molecule has 0 heterocycles. The van der Waals surface area contributed by atoms with Crippen molar-refractivity contribution in [2.24, 2.45) is 17.3 Å². The number of nitrogens with two attached hydrogens (primary N) is 9. The van der Waals surface area contributed by atoms with Gasteiger partial charge in [0.2, 0.25) is 0 Å². The van der Waals surface area contributed by atoms with Crippen LogP contribution in [0.5, 0.6) is 0 Å². The van der Waals surface area contributed by atoms with Crippen LogP contribution in [0.4, 0.5) is 17.1 Å². The molecule has 0 amide bonds. The second kappa shape index (κ2) is 103. The monoisotopic (exact) mass is 1390 g/mol. The van der Waals surface area contributed by atoms with Gasteiger partial charge < -0.3 is 59.3 Å². The largest absolute Gasteiger partial charge is 0.357 e. The van der Waals surface area contributed by atoms with Gasteiger partial charge in [0.25, 0.3) is 0 Å². The molecule has 0 bridgehead atoms. The van der Waals surface area contributed by atoms with E-state index < -0.39 is 0 Å². The zero-order valence-corrected chi connectivity index (χ0v) is 71.7. The minimum atomic E-state index is 0.406. The van der Waals surface area contributed by atoms with Crippen molar-refractivity contribution < 1.29 is 59.3 Å². The van der Waals surface area contributed by atoms with Gasteiger partial charge in [-0.1, -0.05) is 277 Å². The summed E-state index contributed by atoms with van der Waals surface area (Å²) < 4.78 is 0. The van der Waals surface area contributed by atoms with Crippen LogP contribution in [0, 0.1) is 17.3 Å². The first-order valence-corrected chi connectivity index (χ1v) is 43.1. The van der Waals surface area contributed by atoms with Crippen molar-refractivity contribution in [1.82, 2.24) is 0 Å². The van der Waals surface area contributed by atoms with Crippen molar-refractivity contribution in [3.63, 3.8) is 0 Å². The summed E-state index contributed by atoms with van der Waals surface area (Å²) in [7, 11) is 12.6. The summed E-state index contributed by atoms with van der Waals surface area (Å²) in [5.74, 6) is 2.01. The number of benzene rings is 2. The fourth-order valence-electron chi connectivity index (χ4n) is 11.2. The third-order valence-corrected chi connectivity index (χ3v) is 18.1. The van der Waals surface area contributed by atoms with Crippen LogP contribution in [0.2, 0.25) is 0 Å². The van der Waals surface area contributed by atoms with E-state index in [1.165, 1.54) is 312 Å². The lowest BCUT2D eigenvalue weighted by atomic mass is 9.83. The molecule has 0 unspecified atom stereocenters. The van der Waals surface area contributed by atoms with Crippen LogP contribution < -0.4 is 59.3 Å². The van der Waals surface area contributed by atoms with Crippen LogP contribution in [-0.4, -0.2) is 114 Å². The van der Waals surface area contributed by atoms with Gasteiger partial charge in [0.15, 0.2) is 0 Å². The fourth-order valence-corrected chi connectivity index (χ4v) is 11.2. The number of unbranched alkanes of at least 4 members (excludes halogenated alkanes) is 16. The summed E-state index contributed by atoms with van der Waals surface area (Å²) in [4.78, 5) is 0. The fraction of sp³-hybridized carbons (Fsp3) is 0.860. The second-order valence-electron chi connectivity index (χ2n) is 27.7. The summed E-state index contributed by atoms with van der Waals surface area (Å²) in [6, 6.07) is 15.3. The SMILES string of the molecule is CCCC(CCC)C[NH2+]C.CCCC(C[NH3+])(C[NH3+])C[NH2+]C.CCCCC.CCCCC(CCCC)CCCC.CCCCCCC.CCCCC[NH2+]CC.CCCC[NH2+]CCCC.CCCC[NH2+]CCCCC[NH2+]C.CCc1cc([NH2+]C)cc([NH2+]C)c1.CCc1ccc([NH2+]C)cc1. The van der Waals surface area contributed by atoms with Crippen LogP contribution in [0.25, 0.3) is 0 Å². The van der Waals surface area contributed by atoms with E-state index in [-0.39, 0.29) is 0 Å². The van der Waals surface area contributed by atoms with E-state index in [4.69, 9.17) is 0 Å². The van der Waals surface area contributed by atoms with E-state index in [1.54, 1.807) is 0 Å². The van der Waals surface area contributed by atoms with Crippen molar-refractivity contribution in [2.45, 2.75) is 355 Å². The minimum Gasteiger partial charge on any atom is -0.357 e. The maximum Gasteiger partial charge on any atom is 0.135 e. The molecule has 0 saturated carbocycles. The highest BCUT2D eigenvalue weighted by Gasteiger charge is 2.32. The van der Waals surface area contributed by atoms with Crippen molar-refractivity contribution in [3.05, 3.63) is 53.6 Å². The molecule has 0 fully saturated rings. The molecule has 2 rings (SSSR count). The van der Waals surface area contributed by atoms with E-state index in [0.29, 0.717) is 5.41 Å². The molecule has 2 aromatic carbocycles. The molecule has 0 aliphatic heterocycles. The normalized spacial score (nSPS) is 10.4. The first kappa shape index (κ1) is 111. The Hall–Kier alpha value is -2.00. The van der Waals surface area contributed by atoms with Gasteiger partial charge in [-0.05, 0) is 120 Å². The number of quaternary nitrogens is 11. The summed E-state index contributed by atoms with van der Waals surface area (Å²) in [5, 5.41) is 20.4. The van der Waals surface area contributed by atoms with Crippen molar-refractivity contribution >= 4 is 17.1 Å². The van der Waals surface area contributed by atoms with E-state index in [9.17, 15) is 0 Å². The maximum absolute atomic E-state index is 4.01. The Morgan fingerprint density at radius 2 is 0.680 bits per heavy atom. The Balaban J connectivity index is -0.000000152. The Kier molecular flexibility index (Phi) is 117. The highest BCUT2D eigenvalue weighted by molar-refractivity contribution is 5.45. The van der Waals surface area contributed by atoms with E-state index >= 15 is 0 Å². The molecule has 11 heteroatoms. The third-order valence-electron chi connectivity index (χ3n) is 18.1. The van der Waals surface area contributed by atoms with Gasteiger partial charge in [0.05, 0.1) is 120 Å². The van der Waals surface area contributed by atoms with Crippen LogP contribution in [0.1, 0.15) is 354 Å². The average molecular weight is 1390 g/mol. The predicted octanol–water partition coefficient (Wildman–Crippen LogP) is 11.8. The second-order valence-corrected chi connectivity index (χ2v) is 27.7. The van der Waals surface area contributed by atoms with Crippen LogP contribution in [-0.2, 0) is 12.8 Å². The molecule has 24 N–H and O–H groups in total. The molecule has 586 valence electrons. The van der Waals surface area contributed by atoms with Gasteiger partial charge >= 0.3 is 0 Å². The van der Waals surface area contributed by atoms with Gasteiger partial charge in [-0.3, -0.25) is 0 Å². The molecule has 97 heavy (non-hydrogen) atoms. The lowest BCUT2D eigenvalue weighted by Gasteiger charge is -2.23. The molecule has 0 aromatic heterocycles. The van der Waals surface area contributed by atoms with E-state index in [2.05, 4.69) is 262 Å². The topological polar surface area (TPSA) is 205 Å². The highest BCUT2D eigenvalue weighted by Crippen LogP contribution is 2.22. The van der Waals surface area contributed by atoms with Crippen molar-refractivity contribution in [2.75, 3.05) is 114 Å². The first-order valence-electron chi connectivity index (χ1n) is 43.1. The highest BCUT2D eigenvalue weighted by atomic mass is 14.9. The van der Waals surface area contributed by atoms with Crippen molar-refractivity contribution in [3.8, 4) is 0 Å². The molecule has 0 saturated heterocycles. The first-order chi connectivity index (χ1) is 47.2. The lowest BCUT2D eigenvalue weighted by Crippen LogP contribution is -2.87. The number of hydrogen-bond donors (Lipinski definition) is 11. The minimum absolute atomic E-state index is 0.406. The Morgan fingerprint density at radius 3 is 1.00 bits per heavy atom. The number of aryl methyl sites for hydroxylation is 2. The zero-order chi connectivity index (χ0) is 74.8. The van der Waals surface area contributed by atoms with Crippen LogP contribution >= 0.6 is 0 Å². The summed E-state index contributed by atoms with van der Waals surface area (Å²) in [6.07, 6.45) is 50.7. The molecule has 0 radical (unpaired) electrons. The Labute approximate surface area is 613 Å². The summed E-state index contributed by atoms with van der Waals surface area (Å²) >= 11 is 0. The third kappa shape index (κ3) is 96.1. The van der Waals surface area contributed by atoms with Gasteiger partial charge in [0.1, 0.15) is 22.5 Å². The maximum atomic E-state index is 4.01. The Bertz CT molecular complexity index is 1430. The van der Waals surface area contributed by atoms with Crippen molar-refractivity contribution in [1.29, 1.82) is 0 Å². The Morgan fingerprint density at radius 1 is 0.309 bits per heavy atom. The van der Waals surface area contributed by atoms with Gasteiger partial charge in [-0.25, -0.2) is 0 Å². The molecule has 11 nitrogen and oxygen atoms in total. The van der Waals surface area contributed by atoms with Crippen LogP contribution in [0.15, 0.2) is 42.5 Å². The lowest BCUT2D eigenvalue weighted by molar-refractivity contribution is -0.655. The van der Waals surface area contributed by atoms with Gasteiger partial charge in [0, 0.05) is 18.1 Å². The molecule has 0 spiro atoms. The smallest absolute Gasteiger partial charge is 0.135 e.